The largest absolute Gasteiger partial charge is 0.324 e. The highest BCUT2D eigenvalue weighted by Gasteiger charge is 2.18. The molecule has 5 nitrogen and oxygen atoms in total. The van der Waals surface area contributed by atoms with Crippen LogP contribution in [0, 0.1) is 0 Å². The Morgan fingerprint density at radius 3 is 2.78 bits per heavy atom. The van der Waals surface area contributed by atoms with Crippen LogP contribution in [0.1, 0.15) is 24.8 Å². The molecule has 6 heteroatoms. The fraction of sp³-hybridized carbons (Fsp3) is 0.235. The van der Waals surface area contributed by atoms with E-state index in [4.69, 9.17) is 0 Å². The van der Waals surface area contributed by atoms with Crippen molar-refractivity contribution in [3.63, 3.8) is 0 Å². The molecule has 0 fully saturated rings. The van der Waals surface area contributed by atoms with E-state index in [9.17, 15) is 9.59 Å². The van der Waals surface area contributed by atoms with Crippen LogP contribution in [0.4, 0.5) is 5.69 Å². The first-order chi connectivity index (χ1) is 11.1. The average Bonchev–Trinajstić information content (AvgIpc) is 3.00. The molecule has 3 aromatic rings. The number of hydrogen-bond acceptors (Lipinski definition) is 4. The van der Waals surface area contributed by atoms with Crippen molar-refractivity contribution in [2.75, 3.05) is 5.32 Å². The Kier molecular flexibility index (Phi) is 4.25. The second-order valence-electron chi connectivity index (χ2n) is 5.27. The van der Waals surface area contributed by atoms with E-state index < -0.39 is 6.04 Å². The molecule has 0 aliphatic heterocycles. The van der Waals surface area contributed by atoms with Gasteiger partial charge in [-0.25, -0.2) is 4.98 Å². The van der Waals surface area contributed by atoms with Crippen LogP contribution in [0.5, 0.6) is 0 Å². The Morgan fingerprint density at radius 1 is 1.35 bits per heavy atom. The Labute approximate surface area is 137 Å². The molecule has 1 aromatic carbocycles. The second-order valence-corrected chi connectivity index (χ2v) is 6.39. The molecule has 0 saturated heterocycles. The van der Waals surface area contributed by atoms with E-state index in [1.165, 1.54) is 22.2 Å². The van der Waals surface area contributed by atoms with Crippen molar-refractivity contribution in [2.24, 2.45) is 0 Å². The molecule has 0 aliphatic carbocycles. The number of para-hydroxylation sites is 1. The first-order valence-corrected chi connectivity index (χ1v) is 8.27. The summed E-state index contributed by atoms with van der Waals surface area (Å²) in [7, 11) is 0. The summed E-state index contributed by atoms with van der Waals surface area (Å²) in [6, 6.07) is 10.4. The van der Waals surface area contributed by atoms with E-state index in [0.717, 1.165) is 16.1 Å². The molecular weight excluding hydrogens is 310 g/mol. The Bertz CT molecular complexity index is 899. The highest BCUT2D eigenvalue weighted by Crippen LogP contribution is 2.21. The topological polar surface area (TPSA) is 64.0 Å². The fourth-order valence-corrected chi connectivity index (χ4v) is 3.26. The number of rotatable bonds is 4. The molecule has 1 amide bonds. The van der Waals surface area contributed by atoms with Gasteiger partial charge in [0.25, 0.3) is 5.56 Å². The van der Waals surface area contributed by atoms with Crippen molar-refractivity contribution in [2.45, 2.75) is 26.3 Å². The van der Waals surface area contributed by atoms with Crippen LogP contribution in [-0.4, -0.2) is 15.5 Å². The molecule has 118 valence electrons. The third-order valence-corrected chi connectivity index (χ3v) is 4.90. The Morgan fingerprint density at radius 2 is 2.09 bits per heavy atom. The standard InChI is InChI=1S/C17H17N3O2S/c1-3-13-9-14-16(23-13)18-10-20(17(14)22)11(2)15(21)19-12-7-5-4-6-8-12/h4-11H,3H2,1-2H3,(H,19,21)/t11-/m1/s1. The lowest BCUT2D eigenvalue weighted by atomic mass is 10.2. The first kappa shape index (κ1) is 15.4. The predicted molar refractivity (Wildman–Crippen MR) is 93.0 cm³/mol. The van der Waals surface area contributed by atoms with E-state index in [1.807, 2.05) is 31.2 Å². The Hall–Kier alpha value is -2.47. The fourth-order valence-electron chi connectivity index (χ4n) is 2.33. The van der Waals surface area contributed by atoms with Crippen molar-refractivity contribution >= 4 is 33.1 Å². The maximum Gasteiger partial charge on any atom is 0.262 e. The summed E-state index contributed by atoms with van der Waals surface area (Å²) >= 11 is 1.52. The van der Waals surface area contributed by atoms with Gasteiger partial charge < -0.3 is 5.32 Å². The average molecular weight is 327 g/mol. The van der Waals surface area contributed by atoms with E-state index in [1.54, 1.807) is 19.1 Å². The molecule has 1 atom stereocenters. The molecule has 2 heterocycles. The number of fused-ring (bicyclic) bond motifs is 1. The van der Waals surface area contributed by atoms with Crippen molar-refractivity contribution in [3.05, 3.63) is 58.0 Å². The Balaban J connectivity index is 1.91. The maximum atomic E-state index is 12.6. The highest BCUT2D eigenvalue weighted by molar-refractivity contribution is 7.18. The van der Waals surface area contributed by atoms with Crippen LogP contribution in [0.2, 0.25) is 0 Å². The number of aryl methyl sites for hydroxylation is 1. The number of aromatic nitrogens is 2. The van der Waals surface area contributed by atoms with Crippen molar-refractivity contribution in [3.8, 4) is 0 Å². The minimum Gasteiger partial charge on any atom is -0.324 e. The summed E-state index contributed by atoms with van der Waals surface area (Å²) in [5.41, 5.74) is 0.525. The van der Waals surface area contributed by atoms with Gasteiger partial charge in [-0.05, 0) is 31.5 Å². The molecule has 1 N–H and O–H groups in total. The normalized spacial score (nSPS) is 12.3. The molecule has 0 unspecified atom stereocenters. The van der Waals surface area contributed by atoms with Gasteiger partial charge in [0.05, 0.1) is 11.7 Å². The zero-order valence-corrected chi connectivity index (χ0v) is 13.8. The lowest BCUT2D eigenvalue weighted by molar-refractivity contribution is -0.118. The summed E-state index contributed by atoms with van der Waals surface area (Å²) in [6.45, 7) is 3.74. The van der Waals surface area contributed by atoms with Crippen LogP contribution in [-0.2, 0) is 11.2 Å². The minimum absolute atomic E-state index is 0.179. The van der Waals surface area contributed by atoms with Crippen molar-refractivity contribution < 1.29 is 4.79 Å². The van der Waals surface area contributed by atoms with Crippen molar-refractivity contribution in [1.29, 1.82) is 0 Å². The quantitative estimate of drug-likeness (QED) is 0.800. The third kappa shape index (κ3) is 3.03. The third-order valence-electron chi connectivity index (χ3n) is 3.71. The highest BCUT2D eigenvalue weighted by atomic mass is 32.1. The maximum absolute atomic E-state index is 12.6. The van der Waals surface area contributed by atoms with Crippen LogP contribution in [0.25, 0.3) is 10.2 Å². The summed E-state index contributed by atoms with van der Waals surface area (Å²) in [6.07, 6.45) is 2.32. The number of carbonyl (C=O) groups excluding carboxylic acids is 1. The van der Waals surface area contributed by atoms with E-state index >= 15 is 0 Å². The molecule has 23 heavy (non-hydrogen) atoms. The molecule has 0 radical (unpaired) electrons. The van der Waals surface area contributed by atoms with Gasteiger partial charge in [0.15, 0.2) is 0 Å². The minimum atomic E-state index is -0.635. The van der Waals surface area contributed by atoms with Crippen LogP contribution in [0.15, 0.2) is 47.5 Å². The molecular formula is C17H17N3O2S. The van der Waals surface area contributed by atoms with Gasteiger partial charge in [0.1, 0.15) is 10.9 Å². The van der Waals surface area contributed by atoms with Gasteiger partial charge in [-0.1, -0.05) is 25.1 Å². The number of nitrogens with zero attached hydrogens (tertiary/aromatic N) is 2. The van der Waals surface area contributed by atoms with E-state index in [2.05, 4.69) is 10.3 Å². The summed E-state index contributed by atoms with van der Waals surface area (Å²) in [4.78, 5) is 31.1. The molecule has 0 aliphatic rings. The molecule has 3 rings (SSSR count). The first-order valence-electron chi connectivity index (χ1n) is 7.45. The van der Waals surface area contributed by atoms with Crippen molar-refractivity contribution in [1.82, 2.24) is 9.55 Å². The van der Waals surface area contributed by atoms with Gasteiger partial charge in [0.2, 0.25) is 5.91 Å². The summed E-state index contributed by atoms with van der Waals surface area (Å²) in [5.74, 6) is -0.245. The van der Waals surface area contributed by atoms with Crippen LogP contribution >= 0.6 is 11.3 Å². The van der Waals surface area contributed by atoms with Crippen LogP contribution in [0.3, 0.4) is 0 Å². The number of carbonyl (C=O) groups is 1. The SMILES string of the molecule is CCc1cc2c(=O)n([C@H](C)C(=O)Nc3ccccc3)cnc2s1. The van der Waals surface area contributed by atoms with Crippen LogP contribution < -0.4 is 10.9 Å². The number of hydrogen-bond donors (Lipinski definition) is 1. The van der Waals surface area contributed by atoms with Gasteiger partial charge in [-0.2, -0.15) is 0 Å². The number of benzene rings is 1. The number of amides is 1. The van der Waals surface area contributed by atoms with E-state index in [-0.39, 0.29) is 11.5 Å². The number of thiophene rings is 1. The van der Waals surface area contributed by atoms with Gasteiger partial charge >= 0.3 is 0 Å². The monoisotopic (exact) mass is 327 g/mol. The van der Waals surface area contributed by atoms with Gasteiger partial charge in [-0.3, -0.25) is 14.2 Å². The summed E-state index contributed by atoms with van der Waals surface area (Å²) in [5, 5.41) is 3.39. The molecule has 0 bridgehead atoms. The lowest BCUT2D eigenvalue weighted by Gasteiger charge is -2.14. The number of anilines is 1. The van der Waals surface area contributed by atoms with Gasteiger partial charge in [-0.15, -0.1) is 11.3 Å². The molecule has 0 spiro atoms. The molecule has 2 aromatic heterocycles. The zero-order chi connectivity index (χ0) is 16.4. The van der Waals surface area contributed by atoms with Gasteiger partial charge in [0, 0.05) is 10.6 Å². The number of nitrogens with one attached hydrogen (secondary N) is 1. The zero-order valence-electron chi connectivity index (χ0n) is 12.9. The van der Waals surface area contributed by atoms with E-state index in [0.29, 0.717) is 11.1 Å². The smallest absolute Gasteiger partial charge is 0.262 e. The summed E-state index contributed by atoms with van der Waals surface area (Å²) < 4.78 is 1.38. The second kappa shape index (κ2) is 6.34. The molecule has 0 saturated carbocycles. The lowest BCUT2D eigenvalue weighted by Crippen LogP contribution is -2.31. The predicted octanol–water partition coefficient (Wildman–Crippen LogP) is 3.22.